The first-order valence-electron chi connectivity index (χ1n) is 5.60. The molecule has 2 N–H and O–H groups in total. The van der Waals surface area contributed by atoms with E-state index in [4.69, 9.17) is 5.73 Å². The fourth-order valence-corrected chi connectivity index (χ4v) is 2.33. The maximum atomic E-state index is 12.1. The molecule has 6 heteroatoms. The minimum atomic E-state index is -4.12. The number of halogens is 4. The number of hydrogen-bond donors (Lipinski definition) is 1. The van der Waals surface area contributed by atoms with Gasteiger partial charge in [0.1, 0.15) is 0 Å². The third kappa shape index (κ3) is 4.86. The summed E-state index contributed by atoms with van der Waals surface area (Å²) in [4.78, 5) is 1.59. The van der Waals surface area contributed by atoms with Gasteiger partial charge in [-0.25, -0.2) is 0 Å². The molecule has 1 rings (SSSR count). The van der Waals surface area contributed by atoms with Crippen LogP contribution in [0.15, 0.2) is 22.7 Å². The second-order valence-corrected chi connectivity index (χ2v) is 4.97. The van der Waals surface area contributed by atoms with Crippen LogP contribution in [0.2, 0.25) is 0 Å². The Hall–Kier alpha value is -0.750. The second kappa shape index (κ2) is 6.43. The van der Waals surface area contributed by atoms with Crippen LogP contribution >= 0.6 is 15.9 Å². The number of rotatable bonds is 5. The summed E-state index contributed by atoms with van der Waals surface area (Å²) in [6, 6.07) is 5.59. The molecule has 0 amide bonds. The number of nitrogens with two attached hydrogens (primary N) is 1. The predicted molar refractivity (Wildman–Crippen MR) is 70.8 cm³/mol. The molecule has 0 aliphatic carbocycles. The summed E-state index contributed by atoms with van der Waals surface area (Å²) in [6.45, 7) is 0.494. The highest BCUT2D eigenvalue weighted by Crippen LogP contribution is 2.28. The maximum Gasteiger partial charge on any atom is 0.390 e. The Labute approximate surface area is 113 Å². The first kappa shape index (κ1) is 15.3. The Morgan fingerprint density at radius 3 is 2.50 bits per heavy atom. The van der Waals surface area contributed by atoms with Gasteiger partial charge in [-0.3, -0.25) is 0 Å². The first-order chi connectivity index (χ1) is 8.33. The van der Waals surface area contributed by atoms with Crippen LogP contribution < -0.4 is 10.6 Å². The third-order valence-electron chi connectivity index (χ3n) is 2.59. The Bertz CT molecular complexity index is 393. The summed E-state index contributed by atoms with van der Waals surface area (Å²) in [6.07, 6.45) is -4.19. The quantitative estimate of drug-likeness (QED) is 0.900. The van der Waals surface area contributed by atoms with Crippen molar-refractivity contribution >= 4 is 21.6 Å². The lowest BCUT2D eigenvalue weighted by Crippen LogP contribution is -2.24. The van der Waals surface area contributed by atoms with Gasteiger partial charge >= 0.3 is 6.18 Å². The normalized spacial score (nSPS) is 11.7. The predicted octanol–water partition coefficient (Wildman–Crippen LogP) is 3.34. The Morgan fingerprint density at radius 2 is 2.00 bits per heavy atom. The zero-order chi connectivity index (χ0) is 13.8. The van der Waals surface area contributed by atoms with E-state index in [1.54, 1.807) is 11.9 Å². The van der Waals surface area contributed by atoms with E-state index in [0.717, 1.165) is 22.1 Å². The van der Waals surface area contributed by atoms with Gasteiger partial charge in [0.2, 0.25) is 0 Å². The third-order valence-corrected chi connectivity index (χ3v) is 3.22. The fourth-order valence-electron chi connectivity index (χ4n) is 1.60. The summed E-state index contributed by atoms with van der Waals surface area (Å²) >= 11 is 3.37. The largest absolute Gasteiger partial charge is 0.390 e. The van der Waals surface area contributed by atoms with E-state index < -0.39 is 12.6 Å². The monoisotopic (exact) mass is 324 g/mol. The van der Waals surface area contributed by atoms with Crippen molar-refractivity contribution in [1.82, 2.24) is 0 Å². The number of anilines is 1. The highest BCUT2D eigenvalue weighted by atomic mass is 79.9. The SMILES string of the molecule is CN(CCC(F)(F)F)c1ccc(CCN)cc1Br. The molecular formula is C12H16BrF3N2. The van der Waals surface area contributed by atoms with Gasteiger partial charge in [0, 0.05) is 18.1 Å². The minimum Gasteiger partial charge on any atom is -0.373 e. The molecule has 2 nitrogen and oxygen atoms in total. The van der Waals surface area contributed by atoms with Gasteiger partial charge in [-0.15, -0.1) is 0 Å². The van der Waals surface area contributed by atoms with Crippen molar-refractivity contribution in [2.24, 2.45) is 5.73 Å². The minimum absolute atomic E-state index is 0.0572. The number of nitrogens with zero attached hydrogens (tertiary/aromatic N) is 1. The van der Waals surface area contributed by atoms with E-state index in [9.17, 15) is 13.2 Å². The summed E-state index contributed by atoms with van der Waals surface area (Å²) in [5.74, 6) is 0. The number of alkyl halides is 3. The number of benzene rings is 1. The van der Waals surface area contributed by atoms with Crippen molar-refractivity contribution in [2.75, 3.05) is 25.0 Å². The van der Waals surface area contributed by atoms with Crippen LogP contribution in [0.5, 0.6) is 0 Å². The molecule has 0 radical (unpaired) electrons. The van der Waals surface area contributed by atoms with Gasteiger partial charge < -0.3 is 10.6 Å². The van der Waals surface area contributed by atoms with Crippen molar-refractivity contribution in [2.45, 2.75) is 19.0 Å². The van der Waals surface area contributed by atoms with Crippen molar-refractivity contribution in [3.05, 3.63) is 28.2 Å². The van der Waals surface area contributed by atoms with Crippen LogP contribution in [-0.4, -0.2) is 26.3 Å². The molecular weight excluding hydrogens is 309 g/mol. The summed E-state index contributed by atoms with van der Waals surface area (Å²) < 4.78 is 37.2. The lowest BCUT2D eigenvalue weighted by Gasteiger charge is -2.22. The molecule has 0 saturated heterocycles. The molecule has 102 valence electrons. The Kier molecular flexibility index (Phi) is 5.47. The second-order valence-electron chi connectivity index (χ2n) is 4.11. The Balaban J connectivity index is 2.71. The molecule has 0 unspecified atom stereocenters. The van der Waals surface area contributed by atoms with Gasteiger partial charge in [0.15, 0.2) is 0 Å². The van der Waals surface area contributed by atoms with E-state index in [0.29, 0.717) is 6.54 Å². The smallest absolute Gasteiger partial charge is 0.373 e. The van der Waals surface area contributed by atoms with Crippen LogP contribution in [0.4, 0.5) is 18.9 Å². The van der Waals surface area contributed by atoms with Gasteiger partial charge in [-0.1, -0.05) is 6.07 Å². The first-order valence-corrected chi connectivity index (χ1v) is 6.39. The van der Waals surface area contributed by atoms with E-state index in [2.05, 4.69) is 15.9 Å². The van der Waals surface area contributed by atoms with Gasteiger partial charge in [0.25, 0.3) is 0 Å². The highest BCUT2D eigenvalue weighted by molar-refractivity contribution is 9.10. The lowest BCUT2D eigenvalue weighted by atomic mass is 10.1. The van der Waals surface area contributed by atoms with Crippen LogP contribution in [0.3, 0.4) is 0 Å². The molecule has 0 aliphatic heterocycles. The highest BCUT2D eigenvalue weighted by Gasteiger charge is 2.27. The zero-order valence-electron chi connectivity index (χ0n) is 10.1. The topological polar surface area (TPSA) is 29.3 Å². The molecule has 0 atom stereocenters. The summed E-state index contributed by atoms with van der Waals surface area (Å²) in [7, 11) is 1.65. The van der Waals surface area contributed by atoms with Crippen molar-refractivity contribution in [1.29, 1.82) is 0 Å². The van der Waals surface area contributed by atoms with E-state index >= 15 is 0 Å². The van der Waals surface area contributed by atoms with Crippen LogP contribution in [0, 0.1) is 0 Å². The summed E-state index contributed by atoms with van der Waals surface area (Å²) in [5, 5.41) is 0. The molecule has 18 heavy (non-hydrogen) atoms. The molecule has 1 aromatic carbocycles. The zero-order valence-corrected chi connectivity index (χ0v) is 11.7. The molecule has 0 bridgehead atoms. The molecule has 0 heterocycles. The van der Waals surface area contributed by atoms with Crippen molar-refractivity contribution in [3.63, 3.8) is 0 Å². The van der Waals surface area contributed by atoms with E-state index in [1.165, 1.54) is 0 Å². The standard InChI is InChI=1S/C12H16BrF3N2/c1-18(7-5-12(14,15)16)11-3-2-9(4-6-17)8-10(11)13/h2-3,8H,4-7,17H2,1H3. The van der Waals surface area contributed by atoms with Crippen LogP contribution in [0.25, 0.3) is 0 Å². The van der Waals surface area contributed by atoms with Crippen molar-refractivity contribution < 1.29 is 13.2 Å². The molecule has 0 aromatic heterocycles. The number of hydrogen-bond acceptors (Lipinski definition) is 2. The van der Waals surface area contributed by atoms with Crippen LogP contribution in [0.1, 0.15) is 12.0 Å². The van der Waals surface area contributed by atoms with Gasteiger partial charge in [-0.2, -0.15) is 13.2 Å². The van der Waals surface area contributed by atoms with Gasteiger partial charge in [0.05, 0.1) is 12.1 Å². The Morgan fingerprint density at radius 1 is 1.33 bits per heavy atom. The maximum absolute atomic E-state index is 12.1. The lowest BCUT2D eigenvalue weighted by molar-refractivity contribution is -0.132. The van der Waals surface area contributed by atoms with Crippen LogP contribution in [-0.2, 0) is 6.42 Å². The van der Waals surface area contributed by atoms with E-state index in [-0.39, 0.29) is 6.54 Å². The molecule has 0 aliphatic rings. The molecule has 0 saturated carbocycles. The van der Waals surface area contributed by atoms with Gasteiger partial charge in [-0.05, 0) is 46.6 Å². The summed E-state index contributed by atoms with van der Waals surface area (Å²) in [5.41, 5.74) is 7.27. The molecule has 1 aromatic rings. The average Bonchev–Trinajstić information content (AvgIpc) is 2.25. The van der Waals surface area contributed by atoms with Crippen molar-refractivity contribution in [3.8, 4) is 0 Å². The molecule has 0 fully saturated rings. The average molecular weight is 325 g/mol. The molecule has 0 spiro atoms. The van der Waals surface area contributed by atoms with E-state index in [1.807, 2.05) is 18.2 Å². The fraction of sp³-hybridized carbons (Fsp3) is 0.500.